The van der Waals surface area contributed by atoms with Gasteiger partial charge in [0.15, 0.2) is 0 Å². The Labute approximate surface area is 204 Å². The molecule has 1 aromatic heterocycles. The number of anilines is 1. The number of benzene rings is 2. The van der Waals surface area contributed by atoms with E-state index in [9.17, 15) is 27.9 Å². The number of hydrogen-bond donors (Lipinski definition) is 1. The molecule has 1 N–H and O–H groups in total. The molecule has 2 heterocycles. The highest BCUT2D eigenvalue weighted by Crippen LogP contribution is 2.42. The first-order valence-corrected chi connectivity index (χ1v) is 10.9. The summed E-state index contributed by atoms with van der Waals surface area (Å²) in [6.45, 7) is 4.07. The van der Waals surface area contributed by atoms with Crippen LogP contribution in [0.5, 0.6) is 11.5 Å². The van der Waals surface area contributed by atoms with Crippen LogP contribution < -0.4 is 14.4 Å². The molecule has 0 aliphatic carbocycles. The minimum Gasteiger partial charge on any atom is -0.507 e. The van der Waals surface area contributed by atoms with Gasteiger partial charge >= 0.3 is 6.36 Å². The van der Waals surface area contributed by atoms with E-state index >= 15 is 0 Å². The summed E-state index contributed by atoms with van der Waals surface area (Å²) in [5.41, 5.74) is 1.41. The maximum atomic E-state index is 13.2. The number of aliphatic hydroxyl groups excluding tert-OH is 1. The number of rotatable bonds is 6. The fourth-order valence-corrected chi connectivity index (χ4v) is 4.03. The average molecular weight is 498 g/mol. The highest BCUT2D eigenvalue weighted by molar-refractivity contribution is 6.51. The number of carbonyl (C=O) groups excluding carboxylic acids is 2. The number of amides is 1. The van der Waals surface area contributed by atoms with Gasteiger partial charge in [0.05, 0.1) is 18.2 Å². The van der Waals surface area contributed by atoms with Gasteiger partial charge in [-0.25, -0.2) is 0 Å². The molecule has 1 fully saturated rings. The van der Waals surface area contributed by atoms with Crippen molar-refractivity contribution in [1.29, 1.82) is 0 Å². The van der Waals surface area contributed by atoms with Crippen molar-refractivity contribution in [3.63, 3.8) is 0 Å². The number of pyridine rings is 1. The first-order valence-electron chi connectivity index (χ1n) is 10.9. The zero-order valence-corrected chi connectivity index (χ0v) is 19.2. The molecule has 3 aromatic rings. The first-order chi connectivity index (χ1) is 17.1. The van der Waals surface area contributed by atoms with Crippen LogP contribution >= 0.6 is 0 Å². The van der Waals surface area contributed by atoms with Crippen LogP contribution in [0, 0.1) is 6.92 Å². The van der Waals surface area contributed by atoms with Crippen LogP contribution in [0.15, 0.2) is 72.6 Å². The molecule has 0 bridgehead atoms. The van der Waals surface area contributed by atoms with E-state index in [-0.39, 0.29) is 11.3 Å². The van der Waals surface area contributed by atoms with E-state index in [2.05, 4.69) is 9.72 Å². The van der Waals surface area contributed by atoms with E-state index in [4.69, 9.17) is 4.74 Å². The largest absolute Gasteiger partial charge is 0.573 e. The second-order valence-electron chi connectivity index (χ2n) is 7.91. The van der Waals surface area contributed by atoms with Crippen molar-refractivity contribution in [2.45, 2.75) is 26.3 Å². The number of carbonyl (C=O) groups is 2. The molecule has 7 nitrogen and oxygen atoms in total. The number of aliphatic hydroxyl groups is 1. The number of ether oxygens (including phenoxy) is 2. The molecule has 1 saturated heterocycles. The van der Waals surface area contributed by atoms with E-state index < -0.39 is 35.6 Å². The van der Waals surface area contributed by atoms with Crippen LogP contribution in [-0.2, 0) is 9.59 Å². The average Bonchev–Trinajstić information content (AvgIpc) is 3.10. The Morgan fingerprint density at radius 2 is 1.83 bits per heavy atom. The van der Waals surface area contributed by atoms with E-state index in [1.807, 2.05) is 6.92 Å². The topological polar surface area (TPSA) is 89.0 Å². The second-order valence-corrected chi connectivity index (χ2v) is 7.91. The molecule has 0 radical (unpaired) electrons. The number of aryl methyl sites for hydroxylation is 1. The molecular formula is C26H21F3N2O5. The van der Waals surface area contributed by atoms with Crippen LogP contribution in [0.3, 0.4) is 0 Å². The van der Waals surface area contributed by atoms with Gasteiger partial charge in [-0.1, -0.05) is 6.07 Å². The lowest BCUT2D eigenvalue weighted by molar-refractivity contribution is -0.274. The summed E-state index contributed by atoms with van der Waals surface area (Å²) in [6.07, 6.45) is -1.92. The zero-order chi connectivity index (χ0) is 26.0. The van der Waals surface area contributed by atoms with Crippen molar-refractivity contribution < 1.29 is 37.3 Å². The maximum Gasteiger partial charge on any atom is 0.573 e. The van der Waals surface area contributed by atoms with Gasteiger partial charge in [-0.3, -0.25) is 19.5 Å². The quantitative estimate of drug-likeness (QED) is 0.281. The summed E-state index contributed by atoms with van der Waals surface area (Å²) in [6, 6.07) is 11.6. The van der Waals surface area contributed by atoms with Gasteiger partial charge in [-0.2, -0.15) is 0 Å². The van der Waals surface area contributed by atoms with Gasteiger partial charge in [-0.05, 0) is 73.5 Å². The molecule has 10 heteroatoms. The lowest BCUT2D eigenvalue weighted by atomic mass is 9.95. The highest BCUT2D eigenvalue weighted by atomic mass is 19.4. The van der Waals surface area contributed by atoms with E-state index in [0.29, 0.717) is 29.0 Å². The molecule has 1 amide bonds. The van der Waals surface area contributed by atoms with Crippen molar-refractivity contribution >= 4 is 23.1 Å². The number of halogens is 3. The van der Waals surface area contributed by atoms with E-state index in [1.165, 1.54) is 24.5 Å². The van der Waals surface area contributed by atoms with Crippen LogP contribution in [0.25, 0.3) is 5.76 Å². The fraction of sp³-hybridized carbons (Fsp3) is 0.192. The van der Waals surface area contributed by atoms with Gasteiger partial charge in [0.1, 0.15) is 17.3 Å². The van der Waals surface area contributed by atoms with Crippen LogP contribution in [0.2, 0.25) is 0 Å². The zero-order valence-electron chi connectivity index (χ0n) is 19.2. The summed E-state index contributed by atoms with van der Waals surface area (Å²) in [5, 5.41) is 11.2. The van der Waals surface area contributed by atoms with Crippen molar-refractivity contribution in [3.8, 4) is 11.5 Å². The monoisotopic (exact) mass is 498 g/mol. The summed E-state index contributed by atoms with van der Waals surface area (Å²) in [4.78, 5) is 31.5. The predicted molar refractivity (Wildman–Crippen MR) is 124 cm³/mol. The standard InChI is InChI=1S/C26H21F3N2O5/c1-3-35-20-11-6-16(13-15(20)2)23(32)21-22(17-5-4-12-30-14-17)31(25(34)24(21)33)18-7-9-19(10-8-18)36-26(27,28)29/h4-14,22,32H,3H2,1-2H3/b23-21-. The number of hydrogen-bond acceptors (Lipinski definition) is 6. The lowest BCUT2D eigenvalue weighted by Gasteiger charge is -2.25. The minimum atomic E-state index is -4.88. The third kappa shape index (κ3) is 4.88. The fourth-order valence-electron chi connectivity index (χ4n) is 4.03. The number of nitrogens with zero attached hydrogens (tertiary/aromatic N) is 2. The molecule has 4 rings (SSSR count). The summed E-state index contributed by atoms with van der Waals surface area (Å²) >= 11 is 0. The van der Waals surface area contributed by atoms with Crippen molar-refractivity contribution in [3.05, 3.63) is 89.3 Å². The summed E-state index contributed by atoms with van der Waals surface area (Å²) in [7, 11) is 0. The Morgan fingerprint density at radius 3 is 2.42 bits per heavy atom. The third-order valence-corrected chi connectivity index (χ3v) is 5.54. The smallest absolute Gasteiger partial charge is 0.507 e. The Hall–Kier alpha value is -4.34. The molecule has 0 spiro atoms. The Balaban J connectivity index is 1.82. The highest BCUT2D eigenvalue weighted by Gasteiger charge is 2.47. The van der Waals surface area contributed by atoms with Crippen LogP contribution in [0.1, 0.15) is 29.7 Å². The summed E-state index contributed by atoms with van der Waals surface area (Å²) in [5.74, 6) is -2.15. The van der Waals surface area contributed by atoms with Gasteiger partial charge in [0.25, 0.3) is 11.7 Å². The second kappa shape index (κ2) is 9.73. The number of Topliss-reactive ketones (excluding diaryl/α,β-unsaturated/α-hetero) is 1. The maximum absolute atomic E-state index is 13.2. The number of ketones is 1. The molecule has 1 aliphatic rings. The van der Waals surface area contributed by atoms with Gasteiger partial charge < -0.3 is 14.6 Å². The summed E-state index contributed by atoms with van der Waals surface area (Å²) < 4.78 is 47.1. The van der Waals surface area contributed by atoms with E-state index in [0.717, 1.165) is 17.0 Å². The molecule has 2 aromatic carbocycles. The van der Waals surface area contributed by atoms with Crippen LogP contribution in [-0.4, -0.2) is 34.8 Å². The lowest BCUT2D eigenvalue weighted by Crippen LogP contribution is -2.29. The molecule has 0 saturated carbocycles. The van der Waals surface area contributed by atoms with Gasteiger partial charge in [0.2, 0.25) is 0 Å². The van der Waals surface area contributed by atoms with Crippen LogP contribution in [0.4, 0.5) is 18.9 Å². The molecule has 1 atom stereocenters. The van der Waals surface area contributed by atoms with E-state index in [1.54, 1.807) is 37.3 Å². The van der Waals surface area contributed by atoms with Gasteiger partial charge in [0, 0.05) is 23.6 Å². The van der Waals surface area contributed by atoms with Crippen molar-refractivity contribution in [2.75, 3.05) is 11.5 Å². The normalized spacial score (nSPS) is 17.4. The molecule has 36 heavy (non-hydrogen) atoms. The predicted octanol–water partition coefficient (Wildman–Crippen LogP) is 5.31. The SMILES string of the molecule is CCOc1ccc(/C(O)=C2/C(=O)C(=O)N(c3ccc(OC(F)(F)F)cc3)C2c2cccnc2)cc1C. The molecular weight excluding hydrogens is 477 g/mol. The van der Waals surface area contributed by atoms with Crippen molar-refractivity contribution in [2.24, 2.45) is 0 Å². The first kappa shape index (κ1) is 24.8. The molecule has 1 aliphatic heterocycles. The Morgan fingerprint density at radius 1 is 1.11 bits per heavy atom. The molecule has 186 valence electrons. The Bertz CT molecular complexity index is 1320. The number of aromatic nitrogens is 1. The van der Waals surface area contributed by atoms with Crippen molar-refractivity contribution in [1.82, 2.24) is 4.98 Å². The number of alkyl halides is 3. The minimum absolute atomic E-state index is 0.141. The molecule has 1 unspecified atom stereocenters. The third-order valence-electron chi connectivity index (χ3n) is 5.54. The Kier molecular flexibility index (Phi) is 6.69. The van der Waals surface area contributed by atoms with Gasteiger partial charge in [-0.15, -0.1) is 13.2 Å².